The number of hydrogen-bond donors (Lipinski definition) is 0. The number of benzene rings is 1. The molecule has 0 bridgehead atoms. The fraction of sp³-hybridized carbons (Fsp3) is 0.385. The van der Waals surface area contributed by atoms with Gasteiger partial charge in [-0.3, -0.25) is 0 Å². The molecule has 0 unspecified atom stereocenters. The Bertz CT molecular complexity index is 280. The number of nitrogens with zero attached hydrogens (tertiary/aromatic N) is 1. The van der Waals surface area contributed by atoms with Gasteiger partial charge >= 0.3 is 0 Å². The van der Waals surface area contributed by atoms with Gasteiger partial charge in [-0.1, -0.05) is 36.9 Å². The largest absolute Gasteiger partial charge is 1.00 e. The molecule has 1 rings (SSSR count). The predicted molar refractivity (Wildman–Crippen MR) is 62.2 cm³/mol. The van der Waals surface area contributed by atoms with E-state index in [1.165, 1.54) is 5.56 Å². The summed E-state index contributed by atoms with van der Waals surface area (Å²) in [6.45, 7) is 5.98. The number of halogens is 1. The van der Waals surface area contributed by atoms with E-state index in [9.17, 15) is 0 Å². The summed E-state index contributed by atoms with van der Waals surface area (Å²) in [6.07, 6.45) is 3.13. The van der Waals surface area contributed by atoms with Gasteiger partial charge in [0.15, 0.2) is 0 Å². The molecule has 0 heterocycles. The summed E-state index contributed by atoms with van der Waals surface area (Å²) in [5, 5.41) is 0. The number of hydrogen-bond acceptors (Lipinski definition) is 0. The van der Waals surface area contributed by atoms with Crippen LogP contribution in [-0.2, 0) is 6.42 Å². The van der Waals surface area contributed by atoms with E-state index in [0.29, 0.717) is 0 Å². The average Bonchev–Trinajstić information content (AvgIpc) is 2.17. The minimum Gasteiger partial charge on any atom is -1.00 e. The van der Waals surface area contributed by atoms with E-state index in [-0.39, 0.29) is 17.0 Å². The lowest BCUT2D eigenvalue weighted by Gasteiger charge is -2.28. The molecule has 0 aliphatic heterocycles. The molecular formula is C13H20BrN. The Kier molecular flexibility index (Phi) is 6.53. The molecule has 0 fully saturated rings. The number of rotatable bonds is 5. The summed E-state index contributed by atoms with van der Waals surface area (Å²) in [5.41, 5.74) is 1.42. The minimum absolute atomic E-state index is 0. The highest BCUT2D eigenvalue weighted by Gasteiger charge is 2.11. The lowest BCUT2D eigenvalue weighted by Crippen LogP contribution is -3.00. The third-order valence-electron chi connectivity index (χ3n) is 2.47. The van der Waals surface area contributed by atoms with Gasteiger partial charge in [-0.15, -0.1) is 0 Å². The molecule has 0 saturated carbocycles. The van der Waals surface area contributed by atoms with Crippen LogP contribution in [0, 0.1) is 0 Å². The topological polar surface area (TPSA) is 0 Å². The number of likely N-dealkylation sites (N-methyl/N-ethyl adjacent to an activating group) is 1. The van der Waals surface area contributed by atoms with Gasteiger partial charge in [0.25, 0.3) is 0 Å². The minimum atomic E-state index is 0. The Labute approximate surface area is 104 Å². The van der Waals surface area contributed by atoms with E-state index in [1.807, 2.05) is 6.08 Å². The van der Waals surface area contributed by atoms with Crippen molar-refractivity contribution in [3.8, 4) is 0 Å². The summed E-state index contributed by atoms with van der Waals surface area (Å²) in [7, 11) is 4.48. The van der Waals surface area contributed by atoms with Crippen LogP contribution in [0.15, 0.2) is 43.0 Å². The van der Waals surface area contributed by atoms with E-state index >= 15 is 0 Å². The first-order valence-electron chi connectivity index (χ1n) is 5.11. The lowest BCUT2D eigenvalue weighted by atomic mass is 10.1. The Morgan fingerprint density at radius 1 is 1.20 bits per heavy atom. The average molecular weight is 270 g/mol. The SMILES string of the molecule is C=CC[N+](C)(C)CCc1ccccc1.[Br-]. The Balaban J connectivity index is 0.00000196. The van der Waals surface area contributed by atoms with Crippen LogP contribution in [0.2, 0.25) is 0 Å². The molecule has 2 heteroatoms. The summed E-state index contributed by atoms with van der Waals surface area (Å²) in [4.78, 5) is 0. The van der Waals surface area contributed by atoms with Crippen molar-refractivity contribution >= 4 is 0 Å². The molecule has 0 aromatic heterocycles. The molecule has 15 heavy (non-hydrogen) atoms. The van der Waals surface area contributed by atoms with Crippen molar-refractivity contribution in [1.29, 1.82) is 0 Å². The second-order valence-electron chi connectivity index (χ2n) is 4.37. The summed E-state index contributed by atoms with van der Waals surface area (Å²) >= 11 is 0. The molecule has 1 aromatic rings. The first-order valence-corrected chi connectivity index (χ1v) is 5.11. The van der Waals surface area contributed by atoms with Crippen LogP contribution < -0.4 is 17.0 Å². The van der Waals surface area contributed by atoms with Gasteiger partial charge < -0.3 is 21.5 Å². The first kappa shape index (κ1) is 14.4. The van der Waals surface area contributed by atoms with E-state index in [2.05, 4.69) is 51.0 Å². The van der Waals surface area contributed by atoms with Crippen LogP contribution >= 0.6 is 0 Å². The monoisotopic (exact) mass is 269 g/mol. The van der Waals surface area contributed by atoms with Gasteiger partial charge in [0, 0.05) is 6.42 Å². The molecule has 0 spiro atoms. The molecule has 0 aliphatic rings. The van der Waals surface area contributed by atoms with Gasteiger partial charge in [0.05, 0.1) is 27.2 Å². The molecule has 1 aromatic carbocycles. The van der Waals surface area contributed by atoms with E-state index in [0.717, 1.165) is 24.0 Å². The van der Waals surface area contributed by atoms with E-state index in [1.54, 1.807) is 0 Å². The molecule has 84 valence electrons. The molecule has 0 radical (unpaired) electrons. The molecule has 0 aliphatic carbocycles. The predicted octanol–water partition coefficient (Wildman–Crippen LogP) is -0.504. The van der Waals surface area contributed by atoms with Gasteiger partial charge in [-0.25, -0.2) is 0 Å². The maximum absolute atomic E-state index is 3.79. The second kappa shape index (κ2) is 6.81. The van der Waals surface area contributed by atoms with Crippen LogP contribution in [0.3, 0.4) is 0 Å². The maximum atomic E-state index is 3.79. The fourth-order valence-electron chi connectivity index (χ4n) is 1.52. The van der Waals surface area contributed by atoms with E-state index < -0.39 is 0 Å². The lowest BCUT2D eigenvalue weighted by molar-refractivity contribution is -0.884. The van der Waals surface area contributed by atoms with Crippen molar-refractivity contribution in [2.24, 2.45) is 0 Å². The van der Waals surface area contributed by atoms with Crippen molar-refractivity contribution in [2.75, 3.05) is 27.2 Å². The Morgan fingerprint density at radius 3 is 2.33 bits per heavy atom. The van der Waals surface area contributed by atoms with E-state index in [4.69, 9.17) is 0 Å². The molecular weight excluding hydrogens is 250 g/mol. The summed E-state index contributed by atoms with van der Waals surface area (Å²) < 4.78 is 1.01. The second-order valence-corrected chi connectivity index (χ2v) is 4.37. The standard InChI is InChI=1S/C13H20N.BrH/c1-4-11-14(2,3)12-10-13-8-6-5-7-9-13;/h4-9H,1,10-12H2,2-3H3;1H/q+1;/p-1. The fourth-order valence-corrected chi connectivity index (χ4v) is 1.52. The van der Waals surface area contributed by atoms with Gasteiger partial charge in [-0.2, -0.15) is 0 Å². The molecule has 0 N–H and O–H groups in total. The van der Waals surface area contributed by atoms with Crippen molar-refractivity contribution in [3.05, 3.63) is 48.6 Å². The first-order chi connectivity index (χ1) is 6.64. The summed E-state index contributed by atoms with van der Waals surface area (Å²) in [6, 6.07) is 10.6. The molecule has 0 atom stereocenters. The smallest absolute Gasteiger partial charge is 0.0967 e. The maximum Gasteiger partial charge on any atom is 0.0967 e. The van der Waals surface area contributed by atoms with Crippen molar-refractivity contribution in [2.45, 2.75) is 6.42 Å². The van der Waals surface area contributed by atoms with Gasteiger partial charge in [-0.05, 0) is 11.6 Å². The van der Waals surface area contributed by atoms with Crippen molar-refractivity contribution in [1.82, 2.24) is 0 Å². The third-order valence-corrected chi connectivity index (χ3v) is 2.47. The van der Waals surface area contributed by atoms with Crippen LogP contribution in [0.25, 0.3) is 0 Å². The third kappa shape index (κ3) is 5.75. The van der Waals surface area contributed by atoms with Crippen LogP contribution in [0.1, 0.15) is 5.56 Å². The highest BCUT2D eigenvalue weighted by atomic mass is 79.9. The van der Waals surface area contributed by atoms with Crippen molar-refractivity contribution in [3.63, 3.8) is 0 Å². The zero-order valence-corrected chi connectivity index (χ0v) is 11.2. The Morgan fingerprint density at radius 2 is 1.80 bits per heavy atom. The summed E-state index contributed by atoms with van der Waals surface area (Å²) in [5.74, 6) is 0. The molecule has 0 saturated heterocycles. The number of quaternary nitrogens is 1. The Hall–Kier alpha value is -0.600. The quantitative estimate of drug-likeness (QED) is 0.500. The zero-order chi connectivity index (χ0) is 10.4. The van der Waals surface area contributed by atoms with Gasteiger partial charge in [0.2, 0.25) is 0 Å². The molecule has 0 amide bonds. The van der Waals surface area contributed by atoms with Crippen LogP contribution in [0.5, 0.6) is 0 Å². The highest BCUT2D eigenvalue weighted by Crippen LogP contribution is 2.04. The van der Waals surface area contributed by atoms with Crippen LogP contribution in [-0.4, -0.2) is 31.7 Å². The van der Waals surface area contributed by atoms with Gasteiger partial charge in [0.1, 0.15) is 0 Å². The van der Waals surface area contributed by atoms with Crippen LogP contribution in [0.4, 0.5) is 0 Å². The highest BCUT2D eigenvalue weighted by molar-refractivity contribution is 5.14. The normalized spacial score (nSPS) is 10.5. The van der Waals surface area contributed by atoms with Crippen molar-refractivity contribution < 1.29 is 21.5 Å². The molecule has 1 nitrogen and oxygen atoms in total. The zero-order valence-electron chi connectivity index (χ0n) is 9.62.